The van der Waals surface area contributed by atoms with Crippen molar-refractivity contribution in [3.63, 3.8) is 0 Å². The number of hydrogen-bond donors (Lipinski definition) is 1. The van der Waals surface area contributed by atoms with Crippen molar-refractivity contribution < 1.29 is 4.79 Å². The molecule has 0 unspecified atom stereocenters. The predicted molar refractivity (Wildman–Crippen MR) is 73.0 cm³/mol. The molecule has 94 valence electrons. The number of rotatable bonds is 5. The molecule has 0 fully saturated rings. The predicted octanol–water partition coefficient (Wildman–Crippen LogP) is 3.54. The number of nitrogens with one attached hydrogen (secondary N) is 1. The van der Waals surface area contributed by atoms with Crippen molar-refractivity contribution in [1.82, 2.24) is 10.3 Å². The molecule has 0 saturated carbocycles. The molecule has 1 aromatic rings. The van der Waals surface area contributed by atoms with E-state index in [0.717, 1.165) is 19.3 Å². The lowest BCUT2D eigenvalue weighted by Crippen LogP contribution is -2.47. The van der Waals surface area contributed by atoms with Crippen LogP contribution >= 0.6 is 15.9 Å². The first-order valence-electron chi connectivity index (χ1n) is 6.01. The summed E-state index contributed by atoms with van der Waals surface area (Å²) in [5.74, 6) is -0.0597. The number of aromatic nitrogens is 1. The largest absolute Gasteiger partial charge is 0.347 e. The second-order valence-electron chi connectivity index (χ2n) is 4.14. The quantitative estimate of drug-likeness (QED) is 0.845. The summed E-state index contributed by atoms with van der Waals surface area (Å²) in [7, 11) is 0. The average molecular weight is 299 g/mol. The Balaban J connectivity index is 2.89. The maximum Gasteiger partial charge on any atom is 0.254 e. The van der Waals surface area contributed by atoms with Gasteiger partial charge < -0.3 is 5.32 Å². The summed E-state index contributed by atoms with van der Waals surface area (Å²) in [4.78, 5) is 16.2. The van der Waals surface area contributed by atoms with E-state index in [1.54, 1.807) is 18.3 Å². The van der Waals surface area contributed by atoms with Crippen molar-refractivity contribution in [2.45, 2.75) is 45.6 Å². The van der Waals surface area contributed by atoms with Crippen molar-refractivity contribution >= 4 is 21.8 Å². The monoisotopic (exact) mass is 298 g/mol. The van der Waals surface area contributed by atoms with E-state index in [9.17, 15) is 4.79 Å². The summed E-state index contributed by atoms with van der Waals surface area (Å²) < 4.78 is 0.592. The van der Waals surface area contributed by atoms with Gasteiger partial charge in [-0.05, 0) is 47.3 Å². The van der Waals surface area contributed by atoms with Gasteiger partial charge in [-0.25, -0.2) is 4.98 Å². The lowest BCUT2D eigenvalue weighted by atomic mass is 9.89. The van der Waals surface area contributed by atoms with E-state index in [2.05, 4.69) is 47.0 Å². The first-order valence-corrected chi connectivity index (χ1v) is 6.81. The minimum absolute atomic E-state index is 0.0597. The van der Waals surface area contributed by atoms with Crippen LogP contribution in [-0.4, -0.2) is 16.4 Å². The molecule has 1 amide bonds. The van der Waals surface area contributed by atoms with Crippen molar-refractivity contribution in [2.75, 3.05) is 0 Å². The molecule has 3 nitrogen and oxygen atoms in total. The average Bonchev–Trinajstić information content (AvgIpc) is 2.36. The van der Waals surface area contributed by atoms with E-state index in [1.165, 1.54) is 0 Å². The zero-order valence-electron chi connectivity index (χ0n) is 10.6. The van der Waals surface area contributed by atoms with Gasteiger partial charge >= 0.3 is 0 Å². The molecule has 0 aliphatic heterocycles. The van der Waals surface area contributed by atoms with Crippen LogP contribution in [0, 0.1) is 0 Å². The van der Waals surface area contributed by atoms with Crippen LogP contribution in [0.15, 0.2) is 22.9 Å². The van der Waals surface area contributed by atoms with Gasteiger partial charge in [-0.1, -0.05) is 20.8 Å². The summed E-state index contributed by atoms with van der Waals surface area (Å²) in [6, 6.07) is 3.54. The van der Waals surface area contributed by atoms with Crippen molar-refractivity contribution in [1.29, 1.82) is 0 Å². The van der Waals surface area contributed by atoms with Crippen LogP contribution in [0.1, 0.15) is 50.4 Å². The number of amides is 1. The second kappa shape index (κ2) is 6.15. The van der Waals surface area contributed by atoms with Gasteiger partial charge in [-0.2, -0.15) is 0 Å². The van der Waals surface area contributed by atoms with Gasteiger partial charge in [0.25, 0.3) is 5.91 Å². The molecular weight excluding hydrogens is 280 g/mol. The molecule has 1 aromatic heterocycles. The zero-order chi connectivity index (χ0) is 12.9. The fourth-order valence-electron chi connectivity index (χ4n) is 1.88. The Morgan fingerprint density at radius 3 is 2.41 bits per heavy atom. The van der Waals surface area contributed by atoms with Gasteiger partial charge in [-0.15, -0.1) is 0 Å². The number of carbonyl (C=O) groups excluding carboxylic acids is 1. The smallest absolute Gasteiger partial charge is 0.254 e. The standard InChI is InChI=1S/C13H19BrN2O/c1-4-13(5-2,6-3)16-12(17)10-8-7-9-15-11(10)14/h7-9H,4-6H2,1-3H3,(H,16,17). The number of halogens is 1. The first kappa shape index (κ1) is 14.2. The van der Waals surface area contributed by atoms with Gasteiger partial charge in [0.15, 0.2) is 0 Å². The fourth-order valence-corrected chi connectivity index (χ4v) is 2.31. The number of hydrogen-bond acceptors (Lipinski definition) is 2. The third-order valence-corrected chi connectivity index (χ3v) is 4.04. The lowest BCUT2D eigenvalue weighted by Gasteiger charge is -2.31. The molecule has 0 atom stereocenters. The number of carbonyl (C=O) groups is 1. The molecule has 0 spiro atoms. The highest BCUT2D eigenvalue weighted by molar-refractivity contribution is 9.10. The Labute approximate surface area is 111 Å². The van der Waals surface area contributed by atoms with Crippen LogP contribution in [0.2, 0.25) is 0 Å². The van der Waals surface area contributed by atoms with Crippen LogP contribution in [0.4, 0.5) is 0 Å². The molecule has 1 rings (SSSR count). The van der Waals surface area contributed by atoms with Gasteiger partial charge in [-0.3, -0.25) is 4.79 Å². The van der Waals surface area contributed by atoms with E-state index < -0.39 is 0 Å². The van der Waals surface area contributed by atoms with E-state index >= 15 is 0 Å². The summed E-state index contributed by atoms with van der Waals surface area (Å²) in [6.45, 7) is 6.31. The van der Waals surface area contributed by atoms with Crippen molar-refractivity contribution in [3.05, 3.63) is 28.5 Å². The van der Waals surface area contributed by atoms with Crippen LogP contribution in [0.25, 0.3) is 0 Å². The number of nitrogens with zero attached hydrogens (tertiary/aromatic N) is 1. The Kier molecular flexibility index (Phi) is 5.12. The highest BCUT2D eigenvalue weighted by Crippen LogP contribution is 2.21. The Bertz CT molecular complexity index is 380. The molecule has 0 aliphatic carbocycles. The molecule has 17 heavy (non-hydrogen) atoms. The van der Waals surface area contributed by atoms with E-state index in [0.29, 0.717) is 10.2 Å². The highest BCUT2D eigenvalue weighted by atomic mass is 79.9. The normalized spacial score (nSPS) is 11.3. The topological polar surface area (TPSA) is 42.0 Å². The molecule has 0 radical (unpaired) electrons. The van der Waals surface area contributed by atoms with Crippen LogP contribution in [0.3, 0.4) is 0 Å². The van der Waals surface area contributed by atoms with Gasteiger partial charge in [0.05, 0.1) is 5.56 Å². The maximum absolute atomic E-state index is 12.2. The minimum atomic E-state index is -0.105. The molecule has 0 aliphatic rings. The molecule has 0 saturated heterocycles. The molecule has 1 heterocycles. The summed E-state index contributed by atoms with van der Waals surface area (Å²) in [6.07, 6.45) is 4.46. The number of pyridine rings is 1. The molecule has 0 aromatic carbocycles. The maximum atomic E-state index is 12.2. The van der Waals surface area contributed by atoms with Crippen LogP contribution < -0.4 is 5.32 Å². The molecule has 0 bridgehead atoms. The van der Waals surface area contributed by atoms with E-state index in [1.807, 2.05) is 0 Å². The van der Waals surface area contributed by atoms with Crippen molar-refractivity contribution in [2.24, 2.45) is 0 Å². The second-order valence-corrected chi connectivity index (χ2v) is 4.89. The summed E-state index contributed by atoms with van der Waals surface area (Å²) >= 11 is 3.30. The van der Waals surface area contributed by atoms with Gasteiger partial charge in [0.2, 0.25) is 0 Å². The van der Waals surface area contributed by atoms with Crippen LogP contribution in [-0.2, 0) is 0 Å². The highest BCUT2D eigenvalue weighted by Gasteiger charge is 2.26. The molecular formula is C13H19BrN2O. The third kappa shape index (κ3) is 3.28. The van der Waals surface area contributed by atoms with E-state index in [4.69, 9.17) is 0 Å². The first-order chi connectivity index (χ1) is 8.08. The SMILES string of the molecule is CCC(CC)(CC)NC(=O)c1cccnc1Br. The zero-order valence-corrected chi connectivity index (χ0v) is 12.2. The molecule has 4 heteroatoms. The Hall–Kier alpha value is -0.900. The van der Waals surface area contributed by atoms with Crippen LogP contribution in [0.5, 0.6) is 0 Å². The Morgan fingerprint density at radius 2 is 1.94 bits per heavy atom. The van der Waals surface area contributed by atoms with Gasteiger partial charge in [0.1, 0.15) is 4.60 Å². The molecule has 1 N–H and O–H groups in total. The van der Waals surface area contributed by atoms with Gasteiger partial charge in [0, 0.05) is 11.7 Å². The third-order valence-electron chi connectivity index (χ3n) is 3.41. The fraction of sp³-hybridized carbons (Fsp3) is 0.538. The lowest BCUT2D eigenvalue weighted by molar-refractivity contribution is 0.0887. The Morgan fingerprint density at radius 1 is 1.35 bits per heavy atom. The van der Waals surface area contributed by atoms with E-state index in [-0.39, 0.29) is 11.4 Å². The van der Waals surface area contributed by atoms with Crippen molar-refractivity contribution in [3.8, 4) is 0 Å². The summed E-state index contributed by atoms with van der Waals surface area (Å²) in [5, 5.41) is 3.13. The minimum Gasteiger partial charge on any atom is -0.347 e. The summed E-state index contributed by atoms with van der Waals surface area (Å²) in [5.41, 5.74) is 0.485.